The van der Waals surface area contributed by atoms with E-state index in [1.54, 1.807) is 12.1 Å². The molecule has 2 unspecified atom stereocenters. The lowest BCUT2D eigenvalue weighted by Gasteiger charge is -2.23. The first kappa shape index (κ1) is 25.1. The Morgan fingerprint density at radius 1 is 1.15 bits per heavy atom. The van der Waals surface area contributed by atoms with Crippen LogP contribution in [-0.2, 0) is 16.0 Å². The molecule has 0 aliphatic carbocycles. The Morgan fingerprint density at radius 3 is 2.82 bits per heavy atom. The van der Waals surface area contributed by atoms with Gasteiger partial charge >= 0.3 is 5.91 Å². The van der Waals surface area contributed by atoms with Crippen molar-refractivity contribution in [3.05, 3.63) is 88.5 Å². The van der Waals surface area contributed by atoms with Crippen LogP contribution in [-0.4, -0.2) is 34.5 Å². The van der Waals surface area contributed by atoms with E-state index >= 15 is 0 Å². The van der Waals surface area contributed by atoms with Gasteiger partial charge in [0.2, 0.25) is 0 Å². The van der Waals surface area contributed by atoms with Gasteiger partial charge in [0.25, 0.3) is 5.78 Å². The number of thiazole rings is 1. The van der Waals surface area contributed by atoms with E-state index in [-0.39, 0.29) is 17.4 Å². The highest BCUT2D eigenvalue weighted by Gasteiger charge is 2.48. The van der Waals surface area contributed by atoms with E-state index in [4.69, 9.17) is 14.5 Å². The lowest BCUT2D eigenvalue weighted by atomic mass is 9.94. The summed E-state index contributed by atoms with van der Waals surface area (Å²) in [6.45, 7) is 6.54. The molecule has 2 aliphatic heterocycles. The molecule has 7 nitrogen and oxygen atoms in total. The Kier molecular flexibility index (Phi) is 6.35. The molecule has 0 bridgehead atoms. The quantitative estimate of drug-likeness (QED) is 0.174. The van der Waals surface area contributed by atoms with E-state index in [2.05, 4.69) is 0 Å². The van der Waals surface area contributed by atoms with Crippen LogP contribution in [0.1, 0.15) is 48.6 Å². The molecular weight excluding hydrogens is 512 g/mol. The van der Waals surface area contributed by atoms with Gasteiger partial charge in [0.05, 0.1) is 28.4 Å². The van der Waals surface area contributed by atoms with Crippen LogP contribution in [0.4, 0.5) is 5.13 Å². The van der Waals surface area contributed by atoms with Crippen molar-refractivity contribution in [3.63, 3.8) is 0 Å². The average molecular weight is 541 g/mol. The summed E-state index contributed by atoms with van der Waals surface area (Å²) in [5, 5.41) is 12.0. The molecule has 1 amide bonds. The van der Waals surface area contributed by atoms with Crippen LogP contribution >= 0.6 is 11.3 Å². The van der Waals surface area contributed by atoms with Gasteiger partial charge in [-0.1, -0.05) is 36.5 Å². The summed E-state index contributed by atoms with van der Waals surface area (Å²) in [4.78, 5) is 33.3. The first-order chi connectivity index (χ1) is 18.8. The van der Waals surface area contributed by atoms with Crippen LogP contribution in [0.5, 0.6) is 11.5 Å². The minimum absolute atomic E-state index is 0.0231. The number of fused-ring (bicyclic) bond motifs is 2. The molecule has 2 atom stereocenters. The number of aliphatic hydroxyl groups excluding tert-OH is 1. The van der Waals surface area contributed by atoms with E-state index in [9.17, 15) is 14.7 Å². The van der Waals surface area contributed by atoms with E-state index in [1.807, 2.05) is 69.3 Å². The summed E-state index contributed by atoms with van der Waals surface area (Å²) < 4.78 is 12.6. The summed E-state index contributed by atoms with van der Waals surface area (Å²) in [5.41, 5.74) is 3.91. The molecule has 3 heterocycles. The number of ketones is 1. The van der Waals surface area contributed by atoms with Crippen molar-refractivity contribution in [3.8, 4) is 11.5 Å². The van der Waals surface area contributed by atoms with Crippen LogP contribution in [0.15, 0.2) is 66.2 Å². The molecular formula is C31H28N2O5S. The maximum atomic E-state index is 13.6. The van der Waals surface area contributed by atoms with Crippen molar-refractivity contribution in [1.29, 1.82) is 0 Å². The Bertz CT molecular complexity index is 1660. The molecule has 8 heteroatoms. The van der Waals surface area contributed by atoms with Crippen molar-refractivity contribution in [2.75, 3.05) is 11.5 Å². The second-order valence-electron chi connectivity index (χ2n) is 10.0. The zero-order valence-electron chi connectivity index (χ0n) is 21.9. The average Bonchev–Trinajstić information content (AvgIpc) is 3.59. The van der Waals surface area contributed by atoms with Gasteiger partial charge < -0.3 is 14.6 Å². The largest absolute Gasteiger partial charge is 0.507 e. The lowest BCUT2D eigenvalue weighted by Crippen LogP contribution is -2.29. The highest BCUT2D eigenvalue weighted by molar-refractivity contribution is 7.22. The van der Waals surface area contributed by atoms with Crippen LogP contribution in [0.2, 0.25) is 0 Å². The van der Waals surface area contributed by atoms with Gasteiger partial charge in [0.15, 0.2) is 5.13 Å². The predicted molar refractivity (Wildman–Crippen MR) is 152 cm³/mol. The number of anilines is 1. The number of hydrogen-bond donors (Lipinski definition) is 1. The summed E-state index contributed by atoms with van der Waals surface area (Å²) in [6.07, 6.45) is 1.58. The van der Waals surface area contributed by atoms with Gasteiger partial charge in [-0.05, 0) is 79.4 Å². The highest BCUT2D eigenvalue weighted by Crippen LogP contribution is 2.45. The van der Waals surface area contributed by atoms with Crippen molar-refractivity contribution in [1.82, 2.24) is 4.98 Å². The number of nitrogens with zero attached hydrogens (tertiary/aromatic N) is 2. The molecule has 0 spiro atoms. The molecule has 4 aromatic rings. The number of aliphatic hydroxyl groups is 1. The maximum absolute atomic E-state index is 13.6. The number of Topliss-reactive ketones (excluding diaryl/α,β-unsaturated/α-hetero) is 1. The second kappa shape index (κ2) is 9.85. The van der Waals surface area contributed by atoms with Crippen LogP contribution in [0.3, 0.4) is 0 Å². The molecule has 2 aliphatic rings. The Balaban J connectivity index is 1.52. The van der Waals surface area contributed by atoms with Gasteiger partial charge in [-0.2, -0.15) is 0 Å². The Hall–Kier alpha value is -4.17. The van der Waals surface area contributed by atoms with Gasteiger partial charge in [0, 0.05) is 12.0 Å². The van der Waals surface area contributed by atoms with Crippen molar-refractivity contribution < 1.29 is 24.2 Å². The van der Waals surface area contributed by atoms with E-state index in [1.165, 1.54) is 16.2 Å². The third-order valence-electron chi connectivity index (χ3n) is 7.00. The van der Waals surface area contributed by atoms with Gasteiger partial charge in [-0.3, -0.25) is 14.5 Å². The fourth-order valence-electron chi connectivity index (χ4n) is 5.19. The minimum Gasteiger partial charge on any atom is -0.507 e. The molecule has 0 saturated carbocycles. The SMILES string of the molecule is CCCOc1cccc(C2/C(=C(/O)c3ccc4c(c3)CC(C)O4)C(=O)C(=O)N2c2nc3ccc(C)cc3s2)c1. The van der Waals surface area contributed by atoms with Crippen LogP contribution < -0.4 is 14.4 Å². The van der Waals surface area contributed by atoms with E-state index < -0.39 is 17.7 Å². The normalized spacial score (nSPS) is 19.9. The van der Waals surface area contributed by atoms with E-state index in [0.29, 0.717) is 35.0 Å². The molecule has 198 valence electrons. The van der Waals surface area contributed by atoms with Crippen LogP contribution in [0.25, 0.3) is 16.0 Å². The molecule has 1 saturated heterocycles. The molecule has 1 N–H and O–H groups in total. The van der Waals surface area contributed by atoms with E-state index in [0.717, 1.165) is 33.5 Å². The highest BCUT2D eigenvalue weighted by atomic mass is 32.1. The summed E-state index contributed by atoms with van der Waals surface area (Å²) in [7, 11) is 0. The molecule has 6 rings (SSSR count). The van der Waals surface area contributed by atoms with Gasteiger partial charge in [-0.15, -0.1) is 0 Å². The summed E-state index contributed by atoms with van der Waals surface area (Å²) >= 11 is 1.35. The fraction of sp³-hybridized carbons (Fsp3) is 0.258. The molecule has 1 aromatic heterocycles. The standard InChI is InChI=1S/C31H28N2O5S/c1-4-12-37-22-7-5-6-19(16-22)27-26(28(34)20-9-11-24-21(15-20)14-18(3)38-24)29(35)30(36)33(27)31-32-23-10-8-17(2)13-25(23)39-31/h5-11,13,15-16,18,27,34H,4,12,14H2,1-3H3/b28-26-. The zero-order chi connectivity index (χ0) is 27.3. The van der Waals surface area contributed by atoms with Gasteiger partial charge in [-0.25, -0.2) is 4.98 Å². The number of amides is 1. The van der Waals surface area contributed by atoms with Crippen LogP contribution in [0, 0.1) is 6.92 Å². The van der Waals surface area contributed by atoms with Crippen molar-refractivity contribution >= 4 is 44.1 Å². The number of aryl methyl sites for hydroxylation is 1. The molecule has 39 heavy (non-hydrogen) atoms. The third kappa shape index (κ3) is 4.44. The van der Waals surface area contributed by atoms with Gasteiger partial charge in [0.1, 0.15) is 23.4 Å². The summed E-state index contributed by atoms with van der Waals surface area (Å²) in [6, 6.07) is 17.7. The summed E-state index contributed by atoms with van der Waals surface area (Å²) in [5.74, 6) is -0.307. The topological polar surface area (TPSA) is 89.0 Å². The monoisotopic (exact) mass is 540 g/mol. The van der Waals surface area contributed by atoms with Crippen molar-refractivity contribution in [2.24, 2.45) is 0 Å². The smallest absolute Gasteiger partial charge is 0.301 e. The lowest BCUT2D eigenvalue weighted by molar-refractivity contribution is -0.132. The Labute approximate surface area is 230 Å². The first-order valence-electron chi connectivity index (χ1n) is 13.0. The molecule has 0 radical (unpaired) electrons. The number of carbonyl (C=O) groups excluding carboxylic acids is 2. The predicted octanol–water partition coefficient (Wildman–Crippen LogP) is 6.34. The molecule has 3 aromatic carbocycles. The number of aromatic nitrogens is 1. The number of hydrogen-bond acceptors (Lipinski definition) is 7. The zero-order valence-corrected chi connectivity index (χ0v) is 22.7. The minimum atomic E-state index is -0.875. The number of benzene rings is 3. The fourth-order valence-corrected chi connectivity index (χ4v) is 6.28. The first-order valence-corrected chi connectivity index (χ1v) is 13.9. The Morgan fingerprint density at radius 2 is 2.00 bits per heavy atom. The number of carbonyl (C=O) groups is 2. The maximum Gasteiger partial charge on any atom is 0.301 e. The molecule has 1 fully saturated rings. The number of ether oxygens (including phenoxy) is 2. The third-order valence-corrected chi connectivity index (χ3v) is 8.02. The van der Waals surface area contributed by atoms with Crippen molar-refractivity contribution in [2.45, 2.75) is 45.8 Å². The number of rotatable bonds is 6. The second-order valence-corrected chi connectivity index (χ2v) is 11.0.